The molecule has 3 nitrogen and oxygen atoms in total. The molecule has 0 unspecified atom stereocenters. The van der Waals surface area contributed by atoms with E-state index in [0.29, 0.717) is 5.82 Å². The van der Waals surface area contributed by atoms with Crippen molar-refractivity contribution in [3.63, 3.8) is 0 Å². The molecular formula is C12H18N2O. The maximum atomic E-state index is 10.5. The Hall–Kier alpha value is -1.09. The smallest absolute Gasteiger partial charge is 0.129 e. The van der Waals surface area contributed by atoms with Crippen molar-refractivity contribution in [2.45, 2.75) is 44.6 Å². The fraction of sp³-hybridized carbons (Fsp3) is 0.583. The summed E-state index contributed by atoms with van der Waals surface area (Å²) in [5, 5.41) is 10.5. The van der Waals surface area contributed by atoms with Crippen molar-refractivity contribution in [1.29, 1.82) is 0 Å². The van der Waals surface area contributed by atoms with Crippen LogP contribution in [0.1, 0.15) is 43.2 Å². The molecule has 1 fully saturated rings. The van der Waals surface area contributed by atoms with E-state index in [0.717, 1.165) is 36.8 Å². The number of hydrogen-bond acceptors (Lipinski definition) is 3. The molecule has 0 spiro atoms. The molecule has 15 heavy (non-hydrogen) atoms. The zero-order valence-corrected chi connectivity index (χ0v) is 9.16. The Morgan fingerprint density at radius 2 is 2.00 bits per heavy atom. The highest BCUT2D eigenvalue weighted by Crippen LogP contribution is 2.38. The molecule has 1 aliphatic carbocycles. The Kier molecular flexibility index (Phi) is 2.65. The molecule has 1 aromatic rings. The van der Waals surface area contributed by atoms with Crippen LogP contribution < -0.4 is 5.73 Å². The van der Waals surface area contributed by atoms with Gasteiger partial charge in [-0.3, -0.25) is 0 Å². The first kappa shape index (κ1) is 10.4. The Morgan fingerprint density at radius 1 is 1.33 bits per heavy atom. The van der Waals surface area contributed by atoms with Gasteiger partial charge in [-0.2, -0.15) is 0 Å². The molecule has 0 atom stereocenters. The molecule has 0 bridgehead atoms. The van der Waals surface area contributed by atoms with Crippen molar-refractivity contribution < 1.29 is 5.11 Å². The number of anilines is 1. The van der Waals surface area contributed by atoms with Gasteiger partial charge >= 0.3 is 0 Å². The van der Waals surface area contributed by atoms with Crippen LogP contribution in [0.25, 0.3) is 0 Å². The Labute approximate surface area is 90.3 Å². The number of aliphatic hydroxyl groups is 1. The minimum Gasteiger partial charge on any atom is -0.385 e. The molecule has 82 valence electrons. The fourth-order valence-electron chi connectivity index (χ4n) is 2.36. The minimum atomic E-state index is -0.735. The standard InChI is InChI=1S/C12H18N2O/c1-9-7-10(11(13)14-8-9)12(15)5-3-2-4-6-12/h7-8,15H,2-6H2,1H3,(H2,13,14). The summed E-state index contributed by atoms with van der Waals surface area (Å²) in [6.07, 6.45) is 6.71. The third-order valence-corrected chi connectivity index (χ3v) is 3.24. The first-order valence-corrected chi connectivity index (χ1v) is 5.57. The van der Waals surface area contributed by atoms with Gasteiger partial charge in [-0.15, -0.1) is 0 Å². The van der Waals surface area contributed by atoms with Gasteiger partial charge in [-0.1, -0.05) is 19.3 Å². The normalized spacial score (nSPS) is 20.1. The van der Waals surface area contributed by atoms with Crippen LogP contribution in [0.5, 0.6) is 0 Å². The van der Waals surface area contributed by atoms with Crippen molar-refractivity contribution in [2.75, 3.05) is 5.73 Å². The first-order chi connectivity index (χ1) is 7.12. The summed E-state index contributed by atoms with van der Waals surface area (Å²) in [6, 6.07) is 1.97. The Bertz CT molecular complexity index is 357. The average Bonchev–Trinajstić information content (AvgIpc) is 2.23. The number of aryl methyl sites for hydroxylation is 1. The van der Waals surface area contributed by atoms with Crippen LogP contribution in [-0.2, 0) is 5.60 Å². The molecule has 2 rings (SSSR count). The fourth-order valence-corrected chi connectivity index (χ4v) is 2.36. The molecule has 0 aromatic carbocycles. The number of aromatic nitrogens is 1. The van der Waals surface area contributed by atoms with Gasteiger partial charge in [-0.25, -0.2) is 4.98 Å². The molecule has 0 aliphatic heterocycles. The highest BCUT2D eigenvalue weighted by atomic mass is 16.3. The van der Waals surface area contributed by atoms with Gasteiger partial charge < -0.3 is 10.8 Å². The molecular weight excluding hydrogens is 188 g/mol. The van der Waals surface area contributed by atoms with E-state index in [2.05, 4.69) is 4.98 Å². The number of nitrogens with two attached hydrogens (primary N) is 1. The van der Waals surface area contributed by atoms with Gasteiger partial charge in [0, 0.05) is 11.8 Å². The van der Waals surface area contributed by atoms with Crippen LogP contribution in [0.3, 0.4) is 0 Å². The Morgan fingerprint density at radius 3 is 2.67 bits per heavy atom. The van der Waals surface area contributed by atoms with Gasteiger partial charge in [0.2, 0.25) is 0 Å². The molecule has 1 aliphatic rings. The number of hydrogen-bond donors (Lipinski definition) is 2. The van der Waals surface area contributed by atoms with Crippen LogP contribution in [0.15, 0.2) is 12.3 Å². The van der Waals surface area contributed by atoms with Gasteiger partial charge in [0.25, 0.3) is 0 Å². The summed E-state index contributed by atoms with van der Waals surface area (Å²) in [4.78, 5) is 4.12. The van der Waals surface area contributed by atoms with Crippen LogP contribution in [0.2, 0.25) is 0 Å². The predicted octanol–water partition coefficient (Wildman–Crippen LogP) is 2.12. The average molecular weight is 206 g/mol. The van der Waals surface area contributed by atoms with E-state index >= 15 is 0 Å². The molecule has 0 amide bonds. The van der Waals surface area contributed by atoms with Crippen molar-refractivity contribution in [3.8, 4) is 0 Å². The van der Waals surface area contributed by atoms with Crippen LogP contribution in [-0.4, -0.2) is 10.1 Å². The summed E-state index contributed by atoms with van der Waals surface area (Å²) in [7, 11) is 0. The van der Waals surface area contributed by atoms with Crippen molar-refractivity contribution in [3.05, 3.63) is 23.4 Å². The first-order valence-electron chi connectivity index (χ1n) is 5.57. The molecule has 3 N–H and O–H groups in total. The largest absolute Gasteiger partial charge is 0.385 e. The second kappa shape index (κ2) is 3.81. The minimum absolute atomic E-state index is 0.477. The van der Waals surface area contributed by atoms with Crippen LogP contribution in [0.4, 0.5) is 5.82 Å². The van der Waals surface area contributed by atoms with Crippen molar-refractivity contribution in [1.82, 2.24) is 4.98 Å². The lowest BCUT2D eigenvalue weighted by Crippen LogP contribution is -2.29. The zero-order chi connectivity index (χ0) is 10.9. The van der Waals surface area contributed by atoms with Gasteiger partial charge in [0.05, 0.1) is 5.60 Å². The third kappa shape index (κ3) is 1.97. The van der Waals surface area contributed by atoms with E-state index in [-0.39, 0.29) is 0 Å². The predicted molar refractivity (Wildman–Crippen MR) is 60.4 cm³/mol. The van der Waals surface area contributed by atoms with E-state index in [1.54, 1.807) is 6.20 Å². The SMILES string of the molecule is Cc1cnc(N)c(C2(O)CCCCC2)c1. The summed E-state index contributed by atoms with van der Waals surface area (Å²) in [6.45, 7) is 1.97. The maximum absolute atomic E-state index is 10.5. The van der Waals surface area contributed by atoms with Crippen molar-refractivity contribution >= 4 is 5.82 Å². The molecule has 0 saturated heterocycles. The van der Waals surface area contributed by atoms with E-state index in [9.17, 15) is 5.11 Å². The van der Waals surface area contributed by atoms with E-state index in [1.165, 1.54) is 6.42 Å². The number of nitrogens with zero attached hydrogens (tertiary/aromatic N) is 1. The van der Waals surface area contributed by atoms with Crippen LogP contribution in [0, 0.1) is 6.92 Å². The lowest BCUT2D eigenvalue weighted by atomic mass is 9.79. The lowest BCUT2D eigenvalue weighted by molar-refractivity contribution is -0.000206. The summed E-state index contributed by atoms with van der Waals surface area (Å²) >= 11 is 0. The van der Waals surface area contributed by atoms with E-state index < -0.39 is 5.60 Å². The summed E-state index contributed by atoms with van der Waals surface area (Å²) < 4.78 is 0. The van der Waals surface area contributed by atoms with Crippen molar-refractivity contribution in [2.24, 2.45) is 0 Å². The molecule has 1 aromatic heterocycles. The van der Waals surface area contributed by atoms with E-state index in [4.69, 9.17) is 5.73 Å². The number of nitrogen functional groups attached to an aromatic ring is 1. The number of pyridine rings is 1. The number of rotatable bonds is 1. The maximum Gasteiger partial charge on any atom is 0.129 e. The monoisotopic (exact) mass is 206 g/mol. The second-order valence-electron chi connectivity index (χ2n) is 4.54. The topological polar surface area (TPSA) is 59.1 Å². The van der Waals surface area contributed by atoms with Gasteiger partial charge in [-0.05, 0) is 31.4 Å². The Balaban J connectivity index is 2.38. The molecule has 1 heterocycles. The summed E-state index contributed by atoms with van der Waals surface area (Å²) in [5.41, 5.74) is 6.97. The quantitative estimate of drug-likeness (QED) is 0.740. The van der Waals surface area contributed by atoms with Gasteiger partial charge in [0.1, 0.15) is 5.82 Å². The van der Waals surface area contributed by atoms with E-state index in [1.807, 2.05) is 13.0 Å². The second-order valence-corrected chi connectivity index (χ2v) is 4.54. The lowest BCUT2D eigenvalue weighted by Gasteiger charge is -2.33. The third-order valence-electron chi connectivity index (χ3n) is 3.24. The van der Waals surface area contributed by atoms with Crippen LogP contribution >= 0.6 is 0 Å². The molecule has 3 heteroatoms. The highest BCUT2D eigenvalue weighted by Gasteiger charge is 2.33. The summed E-state index contributed by atoms with van der Waals surface area (Å²) in [5.74, 6) is 0.477. The zero-order valence-electron chi connectivity index (χ0n) is 9.16. The molecule has 1 saturated carbocycles. The highest BCUT2D eigenvalue weighted by molar-refractivity contribution is 5.44. The molecule has 0 radical (unpaired) electrons. The van der Waals surface area contributed by atoms with Gasteiger partial charge in [0.15, 0.2) is 0 Å².